The molecule has 1 aliphatic heterocycles. The van der Waals surface area contributed by atoms with Gasteiger partial charge >= 0.3 is 0 Å². The molecule has 0 spiro atoms. The van der Waals surface area contributed by atoms with Crippen LogP contribution in [0.5, 0.6) is 0 Å². The summed E-state index contributed by atoms with van der Waals surface area (Å²) in [4.78, 5) is 0. The minimum Gasteiger partial charge on any atom is -0.212 e. The monoisotopic (exact) mass is 263 g/mol. The first kappa shape index (κ1) is 13.1. The Kier molecular flexibility index (Phi) is 4.05. The second-order valence-corrected chi connectivity index (χ2v) is 6.46. The summed E-state index contributed by atoms with van der Waals surface area (Å²) in [6.45, 7) is 0.590. The molecule has 0 bridgehead atoms. The van der Waals surface area contributed by atoms with E-state index in [2.05, 4.69) is 11.8 Å². The van der Waals surface area contributed by atoms with Gasteiger partial charge in [-0.25, -0.2) is 8.42 Å². The lowest BCUT2D eigenvalue weighted by Gasteiger charge is -2.30. The first-order valence-corrected chi connectivity index (χ1v) is 7.95. The Morgan fingerprint density at radius 3 is 2.61 bits per heavy atom. The maximum atomic E-state index is 11.7. The SMILES string of the molecule is CS(=O)(=O)N1CCCCC1C#Cc1ccccc1. The highest BCUT2D eigenvalue weighted by Gasteiger charge is 2.27. The fraction of sp³-hybridized carbons (Fsp3) is 0.429. The lowest BCUT2D eigenvalue weighted by molar-refractivity contribution is 0.301. The molecule has 1 aromatic rings. The predicted octanol–water partition coefficient (Wildman–Crippen LogP) is 1.85. The molecule has 18 heavy (non-hydrogen) atoms. The average Bonchev–Trinajstić information content (AvgIpc) is 2.37. The van der Waals surface area contributed by atoms with Crippen LogP contribution in [0.3, 0.4) is 0 Å². The lowest BCUT2D eigenvalue weighted by atomic mass is 10.1. The van der Waals surface area contributed by atoms with E-state index in [0.29, 0.717) is 6.54 Å². The Morgan fingerprint density at radius 1 is 1.22 bits per heavy atom. The standard InChI is InChI=1S/C14H17NO2S/c1-18(16,17)15-12-6-5-9-14(15)11-10-13-7-3-2-4-8-13/h2-4,7-8,14H,5-6,9,12H2,1H3. The zero-order valence-corrected chi connectivity index (χ0v) is 11.3. The van der Waals surface area contributed by atoms with Crippen molar-refractivity contribution in [3.8, 4) is 11.8 Å². The molecular formula is C14H17NO2S. The molecule has 3 nitrogen and oxygen atoms in total. The summed E-state index contributed by atoms with van der Waals surface area (Å²) in [5, 5.41) is 0. The van der Waals surface area contributed by atoms with Gasteiger partial charge in [-0.2, -0.15) is 4.31 Å². The zero-order valence-electron chi connectivity index (χ0n) is 10.5. The van der Waals surface area contributed by atoms with Gasteiger partial charge in [0.05, 0.1) is 12.3 Å². The van der Waals surface area contributed by atoms with Crippen molar-refractivity contribution in [2.45, 2.75) is 25.3 Å². The van der Waals surface area contributed by atoms with E-state index < -0.39 is 10.0 Å². The van der Waals surface area contributed by atoms with Gasteiger partial charge < -0.3 is 0 Å². The molecule has 4 heteroatoms. The van der Waals surface area contributed by atoms with Crippen molar-refractivity contribution >= 4 is 10.0 Å². The molecule has 0 aliphatic carbocycles. The molecule has 0 radical (unpaired) electrons. The van der Waals surface area contributed by atoms with Gasteiger partial charge in [0.25, 0.3) is 0 Å². The maximum Gasteiger partial charge on any atom is 0.212 e. The van der Waals surface area contributed by atoms with Crippen LogP contribution in [0.4, 0.5) is 0 Å². The Morgan fingerprint density at radius 2 is 1.94 bits per heavy atom. The fourth-order valence-electron chi connectivity index (χ4n) is 2.13. The Labute approximate surface area is 109 Å². The first-order chi connectivity index (χ1) is 8.57. The molecule has 1 fully saturated rings. The van der Waals surface area contributed by atoms with Gasteiger partial charge in [0.2, 0.25) is 10.0 Å². The molecule has 1 heterocycles. The van der Waals surface area contributed by atoms with Crippen LogP contribution in [-0.2, 0) is 10.0 Å². The van der Waals surface area contributed by atoms with Crippen molar-refractivity contribution < 1.29 is 8.42 Å². The molecule has 0 amide bonds. The third-order valence-corrected chi connectivity index (χ3v) is 4.33. The third-order valence-electron chi connectivity index (χ3n) is 3.04. The van der Waals surface area contributed by atoms with Crippen molar-refractivity contribution in [3.63, 3.8) is 0 Å². The van der Waals surface area contributed by atoms with Crippen LogP contribution >= 0.6 is 0 Å². The summed E-state index contributed by atoms with van der Waals surface area (Å²) < 4.78 is 24.9. The van der Waals surface area contributed by atoms with Crippen molar-refractivity contribution in [1.29, 1.82) is 0 Å². The predicted molar refractivity (Wildman–Crippen MR) is 72.5 cm³/mol. The topological polar surface area (TPSA) is 37.4 Å². The van der Waals surface area contributed by atoms with E-state index >= 15 is 0 Å². The number of sulfonamides is 1. The van der Waals surface area contributed by atoms with Crippen LogP contribution in [0.15, 0.2) is 30.3 Å². The number of benzene rings is 1. The largest absolute Gasteiger partial charge is 0.212 e. The minimum absolute atomic E-state index is 0.172. The van der Waals surface area contributed by atoms with Crippen LogP contribution < -0.4 is 0 Å². The summed E-state index contributed by atoms with van der Waals surface area (Å²) in [6, 6.07) is 9.49. The van der Waals surface area contributed by atoms with Crippen molar-refractivity contribution in [3.05, 3.63) is 35.9 Å². The third kappa shape index (κ3) is 3.34. The van der Waals surface area contributed by atoms with E-state index in [-0.39, 0.29) is 6.04 Å². The van der Waals surface area contributed by atoms with Gasteiger partial charge in [0.15, 0.2) is 0 Å². The quantitative estimate of drug-likeness (QED) is 0.725. The molecule has 0 aromatic heterocycles. The van der Waals surface area contributed by atoms with Gasteiger partial charge in [-0.1, -0.05) is 30.0 Å². The van der Waals surface area contributed by atoms with Crippen molar-refractivity contribution in [1.82, 2.24) is 4.31 Å². The van der Waals surface area contributed by atoms with Crippen LogP contribution in [0, 0.1) is 11.8 Å². The highest BCUT2D eigenvalue weighted by atomic mass is 32.2. The van der Waals surface area contributed by atoms with Crippen LogP contribution in [0.25, 0.3) is 0 Å². The summed E-state index contributed by atoms with van der Waals surface area (Å²) in [7, 11) is -3.15. The van der Waals surface area contributed by atoms with Gasteiger partial charge in [0, 0.05) is 12.1 Å². The molecule has 1 aliphatic rings. The number of nitrogens with zero attached hydrogens (tertiary/aromatic N) is 1. The van der Waals surface area contributed by atoms with Gasteiger partial charge in [-0.3, -0.25) is 0 Å². The highest BCUT2D eigenvalue weighted by molar-refractivity contribution is 7.88. The summed E-state index contributed by atoms with van der Waals surface area (Å²) >= 11 is 0. The van der Waals surface area contributed by atoms with E-state index in [4.69, 9.17) is 0 Å². The molecule has 1 unspecified atom stereocenters. The molecule has 96 valence electrons. The molecule has 0 saturated carbocycles. The van der Waals surface area contributed by atoms with E-state index in [1.807, 2.05) is 30.3 Å². The highest BCUT2D eigenvalue weighted by Crippen LogP contribution is 2.19. The summed E-state index contributed by atoms with van der Waals surface area (Å²) in [6.07, 6.45) is 4.05. The summed E-state index contributed by atoms with van der Waals surface area (Å²) in [5.41, 5.74) is 0.927. The fourth-order valence-corrected chi connectivity index (χ4v) is 3.22. The molecule has 1 saturated heterocycles. The molecule has 1 atom stereocenters. The van der Waals surface area contributed by atoms with E-state index in [9.17, 15) is 8.42 Å². The first-order valence-electron chi connectivity index (χ1n) is 6.11. The number of rotatable bonds is 1. The zero-order chi connectivity index (χ0) is 13.0. The number of piperidine rings is 1. The Bertz CT molecular complexity index is 554. The Balaban J connectivity index is 2.19. The van der Waals surface area contributed by atoms with E-state index in [1.165, 1.54) is 10.6 Å². The van der Waals surface area contributed by atoms with Crippen LogP contribution in [0.2, 0.25) is 0 Å². The molecular weight excluding hydrogens is 246 g/mol. The van der Waals surface area contributed by atoms with Crippen LogP contribution in [-0.4, -0.2) is 31.6 Å². The average molecular weight is 263 g/mol. The van der Waals surface area contributed by atoms with Gasteiger partial charge in [-0.15, -0.1) is 0 Å². The lowest BCUT2D eigenvalue weighted by Crippen LogP contribution is -2.42. The number of hydrogen-bond acceptors (Lipinski definition) is 2. The molecule has 0 N–H and O–H groups in total. The normalized spacial score (nSPS) is 21.1. The number of hydrogen-bond donors (Lipinski definition) is 0. The van der Waals surface area contributed by atoms with Crippen molar-refractivity contribution in [2.24, 2.45) is 0 Å². The minimum atomic E-state index is -3.15. The van der Waals surface area contributed by atoms with Crippen molar-refractivity contribution in [2.75, 3.05) is 12.8 Å². The van der Waals surface area contributed by atoms with Crippen LogP contribution in [0.1, 0.15) is 24.8 Å². The summed E-state index contributed by atoms with van der Waals surface area (Å²) in [5.74, 6) is 6.15. The van der Waals surface area contributed by atoms with E-state index in [1.54, 1.807) is 0 Å². The Hall–Kier alpha value is -1.31. The maximum absolute atomic E-state index is 11.7. The van der Waals surface area contributed by atoms with E-state index in [0.717, 1.165) is 24.8 Å². The smallest absolute Gasteiger partial charge is 0.212 e. The molecule has 1 aromatic carbocycles. The second-order valence-electron chi connectivity index (χ2n) is 4.52. The molecule has 2 rings (SSSR count). The second kappa shape index (κ2) is 5.55. The van der Waals surface area contributed by atoms with Gasteiger partial charge in [0.1, 0.15) is 0 Å². The van der Waals surface area contributed by atoms with Gasteiger partial charge in [-0.05, 0) is 31.4 Å².